The standard InChI is InChI=1S/C11H16N2O3S2/c1-3-13(9-4-5-18(15,16)7-9)11(14)10-6-17-8(2)12-10/h6,9H,3-5,7H2,1-2H3/t9-/m1/s1. The number of sulfone groups is 1. The van der Waals surface area contributed by atoms with Crippen LogP contribution >= 0.6 is 11.3 Å². The molecule has 1 aromatic heterocycles. The lowest BCUT2D eigenvalue weighted by atomic mass is 10.2. The molecule has 1 amide bonds. The van der Waals surface area contributed by atoms with Crippen LogP contribution in [0.1, 0.15) is 28.8 Å². The van der Waals surface area contributed by atoms with E-state index in [1.165, 1.54) is 11.3 Å². The summed E-state index contributed by atoms with van der Waals surface area (Å²) < 4.78 is 22.9. The third kappa shape index (κ3) is 2.72. The molecule has 1 saturated heterocycles. The predicted octanol–water partition coefficient (Wildman–Crippen LogP) is 1.10. The normalized spacial score (nSPS) is 22.0. The molecule has 0 unspecified atom stereocenters. The highest BCUT2D eigenvalue weighted by Crippen LogP contribution is 2.20. The summed E-state index contributed by atoms with van der Waals surface area (Å²) in [4.78, 5) is 18.1. The second-order valence-corrected chi connectivity index (χ2v) is 7.69. The lowest BCUT2D eigenvalue weighted by molar-refractivity contribution is 0.0703. The van der Waals surface area contributed by atoms with Gasteiger partial charge in [-0.1, -0.05) is 0 Å². The van der Waals surface area contributed by atoms with Crippen molar-refractivity contribution in [1.82, 2.24) is 9.88 Å². The largest absolute Gasteiger partial charge is 0.334 e. The third-order valence-corrected chi connectivity index (χ3v) is 5.61. The molecule has 0 aliphatic carbocycles. The topological polar surface area (TPSA) is 67.3 Å². The lowest BCUT2D eigenvalue weighted by Crippen LogP contribution is -2.41. The average Bonchev–Trinajstić information content (AvgIpc) is 2.86. The molecule has 0 spiro atoms. The number of thiazole rings is 1. The molecule has 1 fully saturated rings. The van der Waals surface area contributed by atoms with E-state index in [0.717, 1.165) is 5.01 Å². The van der Waals surface area contributed by atoms with E-state index >= 15 is 0 Å². The van der Waals surface area contributed by atoms with Gasteiger partial charge in [0.15, 0.2) is 9.84 Å². The summed E-state index contributed by atoms with van der Waals surface area (Å²) in [5.74, 6) is 0.0942. The molecule has 2 heterocycles. The van der Waals surface area contributed by atoms with Gasteiger partial charge in [0.25, 0.3) is 5.91 Å². The molecule has 1 aliphatic rings. The summed E-state index contributed by atoms with van der Waals surface area (Å²) in [7, 11) is -2.97. The van der Waals surface area contributed by atoms with Gasteiger partial charge in [-0.15, -0.1) is 11.3 Å². The van der Waals surface area contributed by atoms with Crippen molar-refractivity contribution >= 4 is 27.1 Å². The van der Waals surface area contributed by atoms with Gasteiger partial charge in [0.05, 0.1) is 16.5 Å². The van der Waals surface area contributed by atoms with E-state index in [0.29, 0.717) is 18.7 Å². The Balaban J connectivity index is 2.17. The maximum Gasteiger partial charge on any atom is 0.273 e. The molecule has 2 rings (SSSR count). The van der Waals surface area contributed by atoms with Crippen molar-refractivity contribution in [2.24, 2.45) is 0 Å². The molecular weight excluding hydrogens is 272 g/mol. The average molecular weight is 288 g/mol. The molecule has 18 heavy (non-hydrogen) atoms. The summed E-state index contributed by atoms with van der Waals surface area (Å²) >= 11 is 1.43. The van der Waals surface area contributed by atoms with Crippen LogP contribution in [0.4, 0.5) is 0 Å². The third-order valence-electron chi connectivity index (χ3n) is 3.09. The molecule has 1 aliphatic heterocycles. The van der Waals surface area contributed by atoms with Gasteiger partial charge in [0.2, 0.25) is 0 Å². The van der Waals surface area contributed by atoms with Gasteiger partial charge >= 0.3 is 0 Å². The Morgan fingerprint density at radius 3 is 2.78 bits per heavy atom. The molecule has 0 saturated carbocycles. The van der Waals surface area contributed by atoms with E-state index in [1.54, 1.807) is 10.3 Å². The molecule has 0 radical (unpaired) electrons. The van der Waals surface area contributed by atoms with Gasteiger partial charge in [-0.2, -0.15) is 0 Å². The molecular formula is C11H16N2O3S2. The zero-order valence-electron chi connectivity index (χ0n) is 10.4. The van der Waals surface area contributed by atoms with Crippen LogP contribution in [0.2, 0.25) is 0 Å². The molecule has 5 nitrogen and oxygen atoms in total. The number of amides is 1. The summed E-state index contributed by atoms with van der Waals surface area (Å²) in [5.41, 5.74) is 0.420. The molecule has 0 bridgehead atoms. The van der Waals surface area contributed by atoms with Gasteiger partial charge in [-0.05, 0) is 20.3 Å². The quantitative estimate of drug-likeness (QED) is 0.835. The predicted molar refractivity (Wildman–Crippen MR) is 70.6 cm³/mol. The van der Waals surface area contributed by atoms with Crippen molar-refractivity contribution in [3.05, 3.63) is 16.1 Å². The highest BCUT2D eigenvalue weighted by Gasteiger charge is 2.34. The van der Waals surface area contributed by atoms with Gasteiger partial charge in [-0.3, -0.25) is 4.79 Å². The van der Waals surface area contributed by atoms with Crippen molar-refractivity contribution < 1.29 is 13.2 Å². The fourth-order valence-corrected chi connectivity index (χ4v) is 4.52. The smallest absolute Gasteiger partial charge is 0.273 e. The van der Waals surface area contributed by atoms with Gasteiger partial charge in [0, 0.05) is 18.0 Å². The summed E-state index contributed by atoms with van der Waals surface area (Å²) in [6.45, 7) is 4.22. The maximum atomic E-state index is 12.3. The number of aromatic nitrogens is 1. The van der Waals surface area contributed by atoms with Gasteiger partial charge in [0.1, 0.15) is 5.69 Å². The molecule has 100 valence electrons. The lowest BCUT2D eigenvalue weighted by Gasteiger charge is -2.25. The number of nitrogens with zero attached hydrogens (tertiary/aromatic N) is 2. The summed E-state index contributed by atoms with van der Waals surface area (Å²) in [6, 6.07) is -0.200. The maximum absolute atomic E-state index is 12.3. The zero-order valence-corrected chi connectivity index (χ0v) is 12.1. The number of hydrogen-bond acceptors (Lipinski definition) is 5. The van der Waals surface area contributed by atoms with E-state index in [1.807, 2.05) is 13.8 Å². The molecule has 1 atom stereocenters. The Hall–Kier alpha value is -0.950. The second kappa shape index (κ2) is 4.97. The number of rotatable bonds is 3. The fourth-order valence-electron chi connectivity index (χ4n) is 2.20. The van der Waals surface area contributed by atoms with Crippen molar-refractivity contribution in [1.29, 1.82) is 0 Å². The summed E-state index contributed by atoms with van der Waals surface area (Å²) in [5, 5.41) is 2.57. The molecule has 0 aromatic carbocycles. The second-order valence-electron chi connectivity index (χ2n) is 4.40. The first kappa shape index (κ1) is 13.5. The Bertz CT molecular complexity index is 550. The first-order chi connectivity index (χ1) is 8.43. The molecule has 7 heteroatoms. The van der Waals surface area contributed by atoms with Crippen molar-refractivity contribution in [3.63, 3.8) is 0 Å². The highest BCUT2D eigenvalue weighted by atomic mass is 32.2. The zero-order chi connectivity index (χ0) is 13.3. The van der Waals surface area contributed by atoms with Crippen LogP contribution in [0.25, 0.3) is 0 Å². The number of hydrogen-bond donors (Lipinski definition) is 0. The molecule has 1 aromatic rings. The SMILES string of the molecule is CCN(C(=O)c1csc(C)n1)[C@@H]1CCS(=O)(=O)C1. The Morgan fingerprint density at radius 1 is 1.61 bits per heavy atom. The van der Waals surface area contributed by atoms with Crippen LogP contribution in [0.5, 0.6) is 0 Å². The van der Waals surface area contributed by atoms with Crippen molar-refractivity contribution in [2.45, 2.75) is 26.3 Å². The van der Waals surface area contributed by atoms with E-state index < -0.39 is 9.84 Å². The highest BCUT2D eigenvalue weighted by molar-refractivity contribution is 7.91. The Kier molecular flexibility index (Phi) is 3.72. The van der Waals surface area contributed by atoms with E-state index in [4.69, 9.17) is 0 Å². The van der Waals surface area contributed by atoms with Crippen LogP contribution in [0, 0.1) is 6.92 Å². The summed E-state index contributed by atoms with van der Waals surface area (Å²) in [6.07, 6.45) is 0.533. The first-order valence-electron chi connectivity index (χ1n) is 5.86. The van der Waals surface area contributed by atoms with Crippen LogP contribution in [0.3, 0.4) is 0 Å². The van der Waals surface area contributed by atoms with Crippen molar-refractivity contribution in [2.75, 3.05) is 18.1 Å². The van der Waals surface area contributed by atoms with E-state index in [-0.39, 0.29) is 23.5 Å². The minimum absolute atomic E-state index is 0.0791. The number of aryl methyl sites for hydroxylation is 1. The van der Waals surface area contributed by atoms with Gasteiger partial charge in [-0.25, -0.2) is 13.4 Å². The van der Waals surface area contributed by atoms with E-state index in [2.05, 4.69) is 4.98 Å². The number of carbonyl (C=O) groups excluding carboxylic acids is 1. The first-order valence-corrected chi connectivity index (χ1v) is 8.56. The Labute approximate surface area is 111 Å². The minimum atomic E-state index is -2.97. The van der Waals surface area contributed by atoms with Crippen LogP contribution in [0.15, 0.2) is 5.38 Å². The van der Waals surface area contributed by atoms with Gasteiger partial charge < -0.3 is 4.90 Å². The Morgan fingerprint density at radius 2 is 2.33 bits per heavy atom. The van der Waals surface area contributed by atoms with Crippen LogP contribution in [-0.2, 0) is 9.84 Å². The number of carbonyl (C=O) groups is 1. The minimum Gasteiger partial charge on any atom is -0.334 e. The van der Waals surface area contributed by atoms with Crippen LogP contribution in [-0.4, -0.2) is 48.3 Å². The van der Waals surface area contributed by atoms with Crippen LogP contribution < -0.4 is 0 Å². The fraction of sp³-hybridized carbons (Fsp3) is 0.636. The molecule has 0 N–H and O–H groups in total. The van der Waals surface area contributed by atoms with Crippen molar-refractivity contribution in [3.8, 4) is 0 Å². The van der Waals surface area contributed by atoms with E-state index in [9.17, 15) is 13.2 Å². The monoisotopic (exact) mass is 288 g/mol.